The number of nitrogens with zero attached hydrogens (tertiary/aromatic N) is 3. The van der Waals surface area contributed by atoms with Crippen LogP contribution in [0.2, 0.25) is 0 Å². The molecule has 182 valence electrons. The van der Waals surface area contributed by atoms with E-state index in [9.17, 15) is 14.4 Å². The first kappa shape index (κ1) is 23.2. The third-order valence-electron chi connectivity index (χ3n) is 6.35. The lowest BCUT2D eigenvalue weighted by Crippen LogP contribution is -2.50. The van der Waals surface area contributed by atoms with Crippen LogP contribution in [0.25, 0.3) is 10.9 Å². The van der Waals surface area contributed by atoms with Gasteiger partial charge in [-0.3, -0.25) is 9.59 Å². The van der Waals surface area contributed by atoms with Crippen molar-refractivity contribution in [1.29, 1.82) is 0 Å². The van der Waals surface area contributed by atoms with E-state index < -0.39 is 5.97 Å². The molecule has 0 atom stereocenters. The van der Waals surface area contributed by atoms with Crippen LogP contribution in [0, 0.1) is 0 Å². The number of ether oxygens (including phenoxy) is 2. The second-order valence-corrected chi connectivity index (χ2v) is 9.25. The number of carbonyl (C=O) groups is 2. The van der Waals surface area contributed by atoms with Crippen molar-refractivity contribution in [3.63, 3.8) is 0 Å². The summed E-state index contributed by atoms with van der Waals surface area (Å²) in [6.07, 6.45) is 2.58. The zero-order chi connectivity index (χ0) is 24.4. The molecule has 1 aromatic carbocycles. The molecule has 2 aromatic heterocycles. The smallest absolute Gasteiger partial charge is 0.345 e. The fraction of sp³-hybridized carbons (Fsp3) is 0.346. The molecule has 2 aliphatic heterocycles. The number of carbonyl (C=O) groups excluding carboxylic acids is 2. The van der Waals surface area contributed by atoms with Gasteiger partial charge in [-0.05, 0) is 41.5 Å². The lowest BCUT2D eigenvalue weighted by Gasteiger charge is -2.37. The van der Waals surface area contributed by atoms with Gasteiger partial charge in [0.05, 0.1) is 31.0 Å². The van der Waals surface area contributed by atoms with Crippen LogP contribution in [0.15, 0.2) is 57.7 Å². The van der Waals surface area contributed by atoms with Gasteiger partial charge in [0.1, 0.15) is 5.56 Å². The third kappa shape index (κ3) is 4.43. The van der Waals surface area contributed by atoms with Crippen LogP contribution in [0.1, 0.15) is 29.3 Å². The van der Waals surface area contributed by atoms with Crippen LogP contribution < -0.4 is 10.5 Å². The first-order chi connectivity index (χ1) is 17.1. The molecule has 5 rings (SSSR count). The molecule has 35 heavy (non-hydrogen) atoms. The highest BCUT2D eigenvalue weighted by molar-refractivity contribution is 7.07. The van der Waals surface area contributed by atoms with Gasteiger partial charge in [-0.15, -0.1) is 0 Å². The van der Waals surface area contributed by atoms with Crippen molar-refractivity contribution >= 4 is 39.8 Å². The van der Waals surface area contributed by atoms with Crippen LogP contribution in [0.4, 0.5) is 5.69 Å². The maximum atomic E-state index is 13.8. The Labute approximate surface area is 207 Å². The van der Waals surface area contributed by atoms with E-state index >= 15 is 0 Å². The highest BCUT2D eigenvalue weighted by atomic mass is 32.1. The number of piperazine rings is 1. The number of rotatable bonds is 6. The van der Waals surface area contributed by atoms with E-state index in [2.05, 4.69) is 0 Å². The van der Waals surface area contributed by atoms with Crippen molar-refractivity contribution in [3.05, 3.63) is 74.4 Å². The molecule has 1 saturated heterocycles. The number of thiophene rings is 1. The monoisotopic (exact) mass is 493 g/mol. The highest BCUT2D eigenvalue weighted by Gasteiger charge is 2.31. The number of aromatic nitrogens is 1. The van der Waals surface area contributed by atoms with Gasteiger partial charge in [-0.25, -0.2) is 4.79 Å². The summed E-state index contributed by atoms with van der Waals surface area (Å²) in [5, 5.41) is 4.78. The van der Waals surface area contributed by atoms with Gasteiger partial charge in [0.25, 0.3) is 11.5 Å². The van der Waals surface area contributed by atoms with Gasteiger partial charge in [0.2, 0.25) is 0 Å². The Bertz CT molecular complexity index is 1340. The number of hydrogen-bond acceptors (Lipinski definition) is 7. The molecule has 8 nitrogen and oxygen atoms in total. The largest absolute Gasteiger partial charge is 0.488 e. The molecule has 2 aliphatic rings. The molecule has 0 saturated carbocycles. The molecule has 0 radical (unpaired) electrons. The van der Waals surface area contributed by atoms with Gasteiger partial charge in [-0.2, -0.15) is 11.3 Å². The van der Waals surface area contributed by atoms with Gasteiger partial charge in [0.15, 0.2) is 5.76 Å². The average Bonchev–Trinajstić information content (AvgIpc) is 3.60. The standard InChI is InChI=1S/C26H27N3O5S/c1-2-33-26(32)22-23(27-10-12-28(13-11-27)24(30)21-8-5-14-34-21)19-6-3-4-7-20(19)29(25(22)31)16-18-9-15-35-17-18/h3-4,6-9,15,17H,2,5,10-14,16H2,1H3. The van der Waals surface area contributed by atoms with E-state index in [-0.39, 0.29) is 23.6 Å². The summed E-state index contributed by atoms with van der Waals surface area (Å²) in [6.45, 7) is 4.72. The van der Waals surface area contributed by atoms with E-state index in [1.165, 1.54) is 0 Å². The number of fused-ring (bicyclic) bond motifs is 1. The SMILES string of the molecule is CCOC(=O)c1c(N2CCN(C(=O)C3=CCCO3)CC2)c2ccccc2n(Cc2ccsc2)c1=O. The summed E-state index contributed by atoms with van der Waals surface area (Å²) >= 11 is 1.57. The minimum absolute atomic E-state index is 0.0439. The molecule has 9 heteroatoms. The minimum atomic E-state index is -0.625. The lowest BCUT2D eigenvalue weighted by molar-refractivity contribution is -0.130. The lowest BCUT2D eigenvalue weighted by atomic mass is 10.1. The Hall–Kier alpha value is -3.59. The van der Waals surface area contributed by atoms with E-state index in [1.54, 1.807) is 27.7 Å². The highest BCUT2D eigenvalue weighted by Crippen LogP contribution is 2.31. The van der Waals surface area contributed by atoms with Crippen LogP contribution in [0.3, 0.4) is 0 Å². The molecular weight excluding hydrogens is 466 g/mol. The van der Waals surface area contributed by atoms with Crippen molar-refractivity contribution in [2.75, 3.05) is 44.3 Å². The fourth-order valence-corrected chi connectivity index (χ4v) is 5.34. The number of pyridine rings is 1. The maximum Gasteiger partial charge on any atom is 0.345 e. The Morgan fingerprint density at radius 3 is 2.60 bits per heavy atom. The average molecular weight is 494 g/mol. The number of anilines is 1. The molecule has 0 aliphatic carbocycles. The van der Waals surface area contributed by atoms with Crippen molar-refractivity contribution in [1.82, 2.24) is 9.47 Å². The molecule has 4 heterocycles. The second-order valence-electron chi connectivity index (χ2n) is 8.47. The Morgan fingerprint density at radius 2 is 1.91 bits per heavy atom. The quantitative estimate of drug-likeness (QED) is 0.491. The van der Waals surface area contributed by atoms with Crippen molar-refractivity contribution in [2.24, 2.45) is 0 Å². The predicted molar refractivity (Wildman–Crippen MR) is 135 cm³/mol. The minimum Gasteiger partial charge on any atom is -0.488 e. The molecule has 3 aromatic rings. The predicted octanol–water partition coefficient (Wildman–Crippen LogP) is 3.24. The molecule has 1 amide bonds. The van der Waals surface area contributed by atoms with Crippen LogP contribution >= 0.6 is 11.3 Å². The molecule has 0 unspecified atom stereocenters. The van der Waals surface area contributed by atoms with Crippen molar-refractivity contribution < 1.29 is 19.1 Å². The number of hydrogen-bond donors (Lipinski definition) is 0. The first-order valence-electron chi connectivity index (χ1n) is 11.8. The van der Waals surface area contributed by atoms with Crippen LogP contribution in [-0.2, 0) is 20.8 Å². The molecule has 0 bridgehead atoms. The summed E-state index contributed by atoms with van der Waals surface area (Å²) in [4.78, 5) is 43.5. The second kappa shape index (κ2) is 9.95. The summed E-state index contributed by atoms with van der Waals surface area (Å²) in [7, 11) is 0. The zero-order valence-electron chi connectivity index (χ0n) is 19.6. The topological polar surface area (TPSA) is 81.1 Å². The normalized spacial score (nSPS) is 15.7. The van der Waals surface area contributed by atoms with Crippen LogP contribution in [0.5, 0.6) is 0 Å². The molecular formula is C26H27N3O5S. The van der Waals surface area contributed by atoms with Crippen LogP contribution in [-0.4, -0.2) is 60.7 Å². The van der Waals surface area contributed by atoms with Crippen molar-refractivity contribution in [2.45, 2.75) is 19.9 Å². The molecule has 1 fully saturated rings. The summed E-state index contributed by atoms with van der Waals surface area (Å²) in [5.41, 5.74) is 2.01. The number of esters is 1. The summed E-state index contributed by atoms with van der Waals surface area (Å²) in [5.74, 6) is -0.323. The Balaban J connectivity index is 1.56. The molecule has 0 N–H and O–H groups in total. The summed E-state index contributed by atoms with van der Waals surface area (Å²) < 4.78 is 12.4. The van der Waals surface area contributed by atoms with Gasteiger partial charge >= 0.3 is 5.97 Å². The van der Waals surface area contributed by atoms with E-state index in [1.807, 2.05) is 52.1 Å². The number of para-hydroxylation sites is 1. The van der Waals surface area contributed by atoms with Gasteiger partial charge in [0, 0.05) is 38.0 Å². The van der Waals surface area contributed by atoms with E-state index in [0.717, 1.165) is 22.9 Å². The van der Waals surface area contributed by atoms with Gasteiger partial charge < -0.3 is 23.8 Å². The zero-order valence-corrected chi connectivity index (χ0v) is 20.4. The molecule has 0 spiro atoms. The maximum absolute atomic E-state index is 13.8. The summed E-state index contributed by atoms with van der Waals surface area (Å²) in [6, 6.07) is 9.62. The number of amides is 1. The fourth-order valence-electron chi connectivity index (χ4n) is 4.68. The Kier molecular flexibility index (Phi) is 6.59. The van der Waals surface area contributed by atoms with Crippen molar-refractivity contribution in [3.8, 4) is 0 Å². The first-order valence-corrected chi connectivity index (χ1v) is 12.7. The van der Waals surface area contributed by atoms with E-state index in [4.69, 9.17) is 9.47 Å². The Morgan fingerprint density at radius 1 is 1.11 bits per heavy atom. The van der Waals surface area contributed by atoms with E-state index in [0.29, 0.717) is 50.8 Å². The number of benzene rings is 1. The third-order valence-corrected chi connectivity index (χ3v) is 7.08. The van der Waals surface area contributed by atoms with Gasteiger partial charge in [-0.1, -0.05) is 18.2 Å².